The zero-order valence-electron chi connectivity index (χ0n) is 14.7. The van der Waals surface area contributed by atoms with Crippen LogP contribution in [0.4, 0.5) is 10.5 Å². The summed E-state index contributed by atoms with van der Waals surface area (Å²) < 4.78 is 1.89. The van der Waals surface area contributed by atoms with Gasteiger partial charge in [-0.25, -0.2) is 4.79 Å². The molecule has 1 atom stereocenters. The second kappa shape index (κ2) is 8.53. The van der Waals surface area contributed by atoms with Gasteiger partial charge in [0.05, 0.1) is 0 Å². The summed E-state index contributed by atoms with van der Waals surface area (Å²) in [5.74, 6) is 0. The molecule has 0 bridgehead atoms. The number of hydrogen-bond acceptors (Lipinski definition) is 4. The number of anilines is 1. The summed E-state index contributed by atoms with van der Waals surface area (Å²) in [6, 6.07) is 17.4. The molecule has 2 aromatic carbocycles. The van der Waals surface area contributed by atoms with Crippen molar-refractivity contribution in [2.45, 2.75) is 23.9 Å². The number of carbonyl (C=O) groups is 1. The van der Waals surface area contributed by atoms with Gasteiger partial charge in [0.25, 0.3) is 0 Å². The summed E-state index contributed by atoms with van der Waals surface area (Å²) in [7, 11) is 1.92. The lowest BCUT2D eigenvalue weighted by Gasteiger charge is -2.13. The zero-order valence-corrected chi connectivity index (χ0v) is 15.5. The van der Waals surface area contributed by atoms with Crippen molar-refractivity contribution in [2.75, 3.05) is 5.32 Å². The highest BCUT2D eigenvalue weighted by Crippen LogP contribution is 2.34. The average molecular weight is 367 g/mol. The van der Waals surface area contributed by atoms with E-state index < -0.39 is 0 Å². The number of amides is 2. The van der Waals surface area contributed by atoms with Crippen molar-refractivity contribution < 1.29 is 4.79 Å². The number of rotatable bonds is 6. The molecule has 0 saturated heterocycles. The van der Waals surface area contributed by atoms with Gasteiger partial charge in [0.1, 0.15) is 6.33 Å². The number of aryl methyl sites for hydroxylation is 1. The molecule has 3 rings (SSSR count). The van der Waals surface area contributed by atoms with Gasteiger partial charge in [0.15, 0.2) is 5.16 Å². The Kier molecular flexibility index (Phi) is 5.91. The standard InChI is InChI=1S/C19H21N5OS/c1-14(26-19-23-21-13-24(19)2)16-9-6-10-17(11-16)22-18(25)20-12-15-7-4-3-5-8-15/h3-11,13-14H,12H2,1-2H3,(H2,20,22,25)/t14-/m0/s1. The molecule has 7 heteroatoms. The average Bonchev–Trinajstić information content (AvgIpc) is 3.06. The molecular weight excluding hydrogens is 346 g/mol. The van der Waals surface area contributed by atoms with E-state index in [0.29, 0.717) is 6.54 Å². The Bertz CT molecular complexity index is 865. The predicted molar refractivity (Wildman–Crippen MR) is 104 cm³/mol. The maximum atomic E-state index is 12.1. The molecule has 0 radical (unpaired) electrons. The second-order valence-corrected chi connectivity index (χ2v) is 7.21. The first-order valence-corrected chi connectivity index (χ1v) is 9.19. The molecule has 0 aliphatic heterocycles. The molecule has 0 unspecified atom stereocenters. The Hall–Kier alpha value is -2.80. The highest BCUT2D eigenvalue weighted by atomic mass is 32.2. The molecule has 2 amide bonds. The first kappa shape index (κ1) is 18.0. The van der Waals surface area contributed by atoms with Crippen LogP contribution in [-0.4, -0.2) is 20.8 Å². The van der Waals surface area contributed by atoms with Gasteiger partial charge < -0.3 is 15.2 Å². The number of nitrogens with zero attached hydrogens (tertiary/aromatic N) is 3. The van der Waals surface area contributed by atoms with E-state index in [9.17, 15) is 4.79 Å². The van der Waals surface area contributed by atoms with Crippen LogP contribution in [0.5, 0.6) is 0 Å². The quantitative estimate of drug-likeness (QED) is 0.646. The van der Waals surface area contributed by atoms with Crippen molar-refractivity contribution in [1.29, 1.82) is 0 Å². The fraction of sp³-hybridized carbons (Fsp3) is 0.211. The topological polar surface area (TPSA) is 71.8 Å². The fourth-order valence-corrected chi connectivity index (χ4v) is 3.33. The third-order valence-corrected chi connectivity index (χ3v) is 5.07. The summed E-state index contributed by atoms with van der Waals surface area (Å²) >= 11 is 1.63. The van der Waals surface area contributed by atoms with Crippen molar-refractivity contribution in [2.24, 2.45) is 7.05 Å². The van der Waals surface area contributed by atoms with E-state index in [0.717, 1.165) is 22.0 Å². The Morgan fingerprint density at radius 2 is 2.00 bits per heavy atom. The molecule has 0 aliphatic rings. The molecule has 3 aromatic rings. The molecule has 0 aliphatic carbocycles. The summed E-state index contributed by atoms with van der Waals surface area (Å²) in [6.07, 6.45) is 1.68. The van der Waals surface area contributed by atoms with Crippen molar-refractivity contribution in [3.8, 4) is 0 Å². The molecule has 1 heterocycles. The minimum absolute atomic E-state index is 0.187. The SMILES string of the molecule is C[C@H](Sc1nncn1C)c1cccc(NC(=O)NCc2ccccc2)c1. The number of urea groups is 1. The Morgan fingerprint density at radius 1 is 1.19 bits per heavy atom. The maximum absolute atomic E-state index is 12.1. The third kappa shape index (κ3) is 4.86. The van der Waals surface area contributed by atoms with Crippen LogP contribution in [0.2, 0.25) is 0 Å². The number of benzene rings is 2. The van der Waals surface area contributed by atoms with Crippen LogP contribution in [0.25, 0.3) is 0 Å². The van der Waals surface area contributed by atoms with E-state index in [1.807, 2.05) is 66.2 Å². The molecule has 26 heavy (non-hydrogen) atoms. The van der Waals surface area contributed by atoms with Gasteiger partial charge in [-0.05, 0) is 30.2 Å². The third-order valence-electron chi connectivity index (χ3n) is 3.86. The van der Waals surface area contributed by atoms with Crippen LogP contribution in [0.15, 0.2) is 66.1 Å². The molecule has 6 nitrogen and oxygen atoms in total. The van der Waals surface area contributed by atoms with Gasteiger partial charge in [-0.1, -0.05) is 54.2 Å². The van der Waals surface area contributed by atoms with Gasteiger partial charge in [0.2, 0.25) is 0 Å². The van der Waals surface area contributed by atoms with Crippen molar-refractivity contribution >= 4 is 23.5 Å². The second-order valence-electron chi connectivity index (χ2n) is 5.90. The summed E-state index contributed by atoms with van der Waals surface area (Å²) in [6.45, 7) is 2.60. The monoisotopic (exact) mass is 367 g/mol. The van der Waals surface area contributed by atoms with Crippen molar-refractivity contribution in [1.82, 2.24) is 20.1 Å². The van der Waals surface area contributed by atoms with Gasteiger partial charge >= 0.3 is 6.03 Å². The normalized spacial score (nSPS) is 11.8. The first-order chi connectivity index (χ1) is 12.6. The zero-order chi connectivity index (χ0) is 18.4. The lowest BCUT2D eigenvalue weighted by molar-refractivity contribution is 0.251. The lowest BCUT2D eigenvalue weighted by atomic mass is 10.1. The number of nitrogens with one attached hydrogen (secondary N) is 2. The first-order valence-electron chi connectivity index (χ1n) is 8.31. The van der Waals surface area contributed by atoms with E-state index >= 15 is 0 Å². The smallest absolute Gasteiger partial charge is 0.319 e. The summed E-state index contributed by atoms with van der Waals surface area (Å²) in [5, 5.41) is 14.8. The number of carbonyl (C=O) groups excluding carboxylic acids is 1. The van der Waals surface area contributed by atoms with Crippen LogP contribution in [0.1, 0.15) is 23.3 Å². The van der Waals surface area contributed by atoms with E-state index in [-0.39, 0.29) is 11.3 Å². The van der Waals surface area contributed by atoms with Crippen molar-refractivity contribution in [3.63, 3.8) is 0 Å². The Balaban J connectivity index is 1.58. The number of aromatic nitrogens is 3. The highest BCUT2D eigenvalue weighted by molar-refractivity contribution is 7.99. The summed E-state index contributed by atoms with van der Waals surface area (Å²) in [5.41, 5.74) is 2.93. The molecule has 0 spiro atoms. The molecule has 0 saturated carbocycles. The molecule has 2 N–H and O–H groups in total. The van der Waals surface area contributed by atoms with Crippen LogP contribution in [0, 0.1) is 0 Å². The largest absolute Gasteiger partial charge is 0.334 e. The minimum Gasteiger partial charge on any atom is -0.334 e. The van der Waals surface area contributed by atoms with Crippen LogP contribution >= 0.6 is 11.8 Å². The molecule has 134 valence electrons. The van der Waals surface area contributed by atoms with E-state index in [1.54, 1.807) is 18.1 Å². The van der Waals surface area contributed by atoms with Gasteiger partial charge in [-0.3, -0.25) is 0 Å². The van der Waals surface area contributed by atoms with Crippen molar-refractivity contribution in [3.05, 3.63) is 72.1 Å². The van der Waals surface area contributed by atoms with Gasteiger partial charge in [-0.15, -0.1) is 10.2 Å². The molecule has 0 fully saturated rings. The van der Waals surface area contributed by atoms with Crippen LogP contribution in [0.3, 0.4) is 0 Å². The van der Waals surface area contributed by atoms with E-state index in [2.05, 4.69) is 27.8 Å². The predicted octanol–water partition coefficient (Wildman–Crippen LogP) is 3.99. The number of thioether (sulfide) groups is 1. The Morgan fingerprint density at radius 3 is 2.73 bits per heavy atom. The maximum Gasteiger partial charge on any atom is 0.319 e. The van der Waals surface area contributed by atoms with Crippen LogP contribution < -0.4 is 10.6 Å². The van der Waals surface area contributed by atoms with Gasteiger partial charge in [-0.2, -0.15) is 0 Å². The highest BCUT2D eigenvalue weighted by Gasteiger charge is 2.12. The summed E-state index contributed by atoms with van der Waals surface area (Å²) in [4.78, 5) is 12.1. The Labute approximate surface area is 157 Å². The molecule has 1 aromatic heterocycles. The van der Waals surface area contributed by atoms with Crippen LogP contribution in [-0.2, 0) is 13.6 Å². The van der Waals surface area contributed by atoms with Gasteiger partial charge in [0, 0.05) is 24.5 Å². The van der Waals surface area contributed by atoms with E-state index in [4.69, 9.17) is 0 Å². The fourth-order valence-electron chi connectivity index (χ4n) is 2.43. The van der Waals surface area contributed by atoms with E-state index in [1.165, 1.54) is 0 Å². The molecular formula is C19H21N5OS. The number of hydrogen-bond donors (Lipinski definition) is 2. The minimum atomic E-state index is -0.223. The lowest BCUT2D eigenvalue weighted by Crippen LogP contribution is -2.28.